The second-order valence-electron chi connectivity index (χ2n) is 4.45. The van der Waals surface area contributed by atoms with Crippen LogP contribution in [-0.4, -0.2) is 24.1 Å². The fourth-order valence-electron chi connectivity index (χ4n) is 2.03. The lowest BCUT2D eigenvalue weighted by Crippen LogP contribution is -2.38. The molecule has 7 heteroatoms. The first-order valence-corrected chi connectivity index (χ1v) is 6.07. The third-order valence-corrected chi connectivity index (χ3v) is 3.05. The topological polar surface area (TPSA) is 64.4 Å². The summed E-state index contributed by atoms with van der Waals surface area (Å²) in [6.07, 6.45) is 3.08. The van der Waals surface area contributed by atoms with Crippen molar-refractivity contribution in [3.63, 3.8) is 0 Å². The summed E-state index contributed by atoms with van der Waals surface area (Å²) in [4.78, 5) is 9.47. The molecule has 1 aromatic rings. The predicted molar refractivity (Wildman–Crippen MR) is 64.1 cm³/mol. The van der Waals surface area contributed by atoms with Gasteiger partial charge in [-0.1, -0.05) is 6.42 Å². The van der Waals surface area contributed by atoms with Crippen molar-refractivity contribution in [3.8, 4) is 5.75 Å². The Morgan fingerprint density at radius 1 is 1.37 bits per heavy atom. The van der Waals surface area contributed by atoms with Crippen molar-refractivity contribution >= 4 is 5.69 Å². The van der Waals surface area contributed by atoms with E-state index < -0.39 is 22.2 Å². The SMILES string of the molecule is O=[N+]([O-])c1cc(F)c(OCC2CCCCN2)cc1F. The van der Waals surface area contributed by atoms with Gasteiger partial charge in [-0.05, 0) is 19.4 Å². The Morgan fingerprint density at radius 2 is 2.16 bits per heavy atom. The molecule has 5 nitrogen and oxygen atoms in total. The molecule has 19 heavy (non-hydrogen) atoms. The summed E-state index contributed by atoms with van der Waals surface area (Å²) >= 11 is 0. The van der Waals surface area contributed by atoms with Crippen LogP contribution in [0.25, 0.3) is 0 Å². The molecule has 0 bridgehead atoms. The second kappa shape index (κ2) is 5.92. The number of ether oxygens (including phenoxy) is 1. The summed E-state index contributed by atoms with van der Waals surface area (Å²) in [6, 6.07) is 1.36. The maximum Gasteiger partial charge on any atom is 0.307 e. The molecule has 0 amide bonds. The maximum absolute atomic E-state index is 13.5. The van der Waals surface area contributed by atoms with E-state index in [1.165, 1.54) is 0 Å². The standard InChI is InChI=1S/C12H14F2N2O3/c13-9-6-12(10(14)5-11(9)16(17)18)19-7-8-3-1-2-4-15-8/h5-6,8,15H,1-4,7H2. The van der Waals surface area contributed by atoms with E-state index in [1.807, 2.05) is 0 Å². The quantitative estimate of drug-likeness (QED) is 0.675. The zero-order valence-corrected chi connectivity index (χ0v) is 10.2. The summed E-state index contributed by atoms with van der Waals surface area (Å²) in [5.41, 5.74) is -0.888. The minimum absolute atomic E-state index is 0.103. The highest BCUT2D eigenvalue weighted by Crippen LogP contribution is 2.26. The molecule has 0 aliphatic carbocycles. The molecule has 0 saturated carbocycles. The van der Waals surface area contributed by atoms with Gasteiger partial charge in [0.1, 0.15) is 6.61 Å². The van der Waals surface area contributed by atoms with Crippen molar-refractivity contribution in [1.82, 2.24) is 5.32 Å². The lowest BCUT2D eigenvalue weighted by atomic mass is 10.1. The molecule has 104 valence electrons. The molecule has 1 N–H and O–H groups in total. The van der Waals surface area contributed by atoms with Crippen LogP contribution in [0.2, 0.25) is 0 Å². The highest BCUT2D eigenvalue weighted by molar-refractivity contribution is 5.39. The second-order valence-corrected chi connectivity index (χ2v) is 4.45. The molecule has 1 saturated heterocycles. The van der Waals surface area contributed by atoms with Crippen molar-refractivity contribution < 1.29 is 18.4 Å². The van der Waals surface area contributed by atoms with Gasteiger partial charge in [-0.3, -0.25) is 10.1 Å². The fourth-order valence-corrected chi connectivity index (χ4v) is 2.03. The lowest BCUT2D eigenvalue weighted by Gasteiger charge is -2.23. The third-order valence-electron chi connectivity index (χ3n) is 3.05. The molecule has 1 unspecified atom stereocenters. The van der Waals surface area contributed by atoms with Crippen LogP contribution in [-0.2, 0) is 0 Å². The molecule has 2 rings (SSSR count). The van der Waals surface area contributed by atoms with E-state index in [9.17, 15) is 18.9 Å². The Labute approximate surface area is 108 Å². The van der Waals surface area contributed by atoms with Gasteiger partial charge >= 0.3 is 5.69 Å². The number of hydrogen-bond donors (Lipinski definition) is 1. The zero-order valence-electron chi connectivity index (χ0n) is 10.2. The third kappa shape index (κ3) is 3.37. The first-order valence-electron chi connectivity index (χ1n) is 6.07. The minimum atomic E-state index is -1.10. The summed E-state index contributed by atoms with van der Waals surface area (Å²) in [6.45, 7) is 1.10. The van der Waals surface area contributed by atoms with E-state index in [-0.39, 0.29) is 18.4 Å². The number of piperidine rings is 1. The van der Waals surface area contributed by atoms with Gasteiger partial charge in [0.05, 0.1) is 11.0 Å². The number of benzene rings is 1. The average molecular weight is 272 g/mol. The molecule has 1 fully saturated rings. The van der Waals surface area contributed by atoms with Gasteiger partial charge in [0.2, 0.25) is 5.82 Å². The smallest absolute Gasteiger partial charge is 0.307 e. The largest absolute Gasteiger partial charge is 0.489 e. The Hall–Kier alpha value is -1.76. The number of nitro benzene ring substituents is 1. The van der Waals surface area contributed by atoms with Gasteiger partial charge in [0.15, 0.2) is 11.6 Å². The van der Waals surface area contributed by atoms with E-state index in [4.69, 9.17) is 4.74 Å². The maximum atomic E-state index is 13.5. The molecule has 1 atom stereocenters. The van der Waals surface area contributed by atoms with Crippen molar-refractivity contribution in [3.05, 3.63) is 33.9 Å². The molecule has 1 heterocycles. The number of nitrogens with zero attached hydrogens (tertiary/aromatic N) is 1. The number of rotatable bonds is 4. The molecule has 0 radical (unpaired) electrons. The number of nitro groups is 1. The summed E-state index contributed by atoms with van der Waals surface area (Å²) in [7, 11) is 0. The van der Waals surface area contributed by atoms with Crippen molar-refractivity contribution in [2.75, 3.05) is 13.2 Å². The van der Waals surface area contributed by atoms with Crippen LogP contribution < -0.4 is 10.1 Å². The van der Waals surface area contributed by atoms with Gasteiger partial charge in [0.25, 0.3) is 0 Å². The lowest BCUT2D eigenvalue weighted by molar-refractivity contribution is -0.387. The molecule has 0 aromatic heterocycles. The Balaban J connectivity index is 2.04. The molecule has 1 aliphatic rings. The summed E-state index contributed by atoms with van der Waals surface area (Å²) in [5.74, 6) is -2.32. The van der Waals surface area contributed by atoms with E-state index in [2.05, 4.69) is 5.32 Å². The molecular weight excluding hydrogens is 258 g/mol. The van der Waals surface area contributed by atoms with Gasteiger partial charge in [-0.25, -0.2) is 4.39 Å². The van der Waals surface area contributed by atoms with Crippen molar-refractivity contribution in [1.29, 1.82) is 0 Å². The van der Waals surface area contributed by atoms with Crippen LogP contribution in [0.3, 0.4) is 0 Å². The average Bonchev–Trinajstić information content (AvgIpc) is 2.40. The van der Waals surface area contributed by atoms with E-state index in [0.29, 0.717) is 6.07 Å². The number of halogens is 2. The number of nitrogens with one attached hydrogen (secondary N) is 1. The van der Waals surface area contributed by atoms with Crippen LogP contribution in [0.5, 0.6) is 5.75 Å². The first kappa shape index (κ1) is 13.7. The molecule has 1 aliphatic heterocycles. The summed E-state index contributed by atoms with van der Waals surface area (Å²) in [5, 5.41) is 13.6. The summed E-state index contributed by atoms with van der Waals surface area (Å²) < 4.78 is 32.1. The van der Waals surface area contributed by atoms with Gasteiger partial charge in [-0.2, -0.15) is 4.39 Å². The van der Waals surface area contributed by atoms with Gasteiger partial charge < -0.3 is 10.1 Å². The van der Waals surface area contributed by atoms with E-state index in [0.717, 1.165) is 31.9 Å². The van der Waals surface area contributed by atoms with Crippen LogP contribution in [0.15, 0.2) is 12.1 Å². The normalized spacial score (nSPS) is 19.2. The van der Waals surface area contributed by atoms with E-state index in [1.54, 1.807) is 0 Å². The predicted octanol–water partition coefficient (Wildman–Crippen LogP) is 2.39. The fraction of sp³-hybridized carbons (Fsp3) is 0.500. The van der Waals surface area contributed by atoms with Crippen LogP contribution in [0.1, 0.15) is 19.3 Å². The first-order chi connectivity index (χ1) is 9.08. The molecule has 1 aromatic carbocycles. The van der Waals surface area contributed by atoms with Crippen LogP contribution >= 0.6 is 0 Å². The highest BCUT2D eigenvalue weighted by Gasteiger charge is 2.20. The van der Waals surface area contributed by atoms with Crippen molar-refractivity contribution in [2.24, 2.45) is 0 Å². The van der Waals surface area contributed by atoms with Crippen LogP contribution in [0.4, 0.5) is 14.5 Å². The highest BCUT2D eigenvalue weighted by atomic mass is 19.1. The van der Waals surface area contributed by atoms with E-state index >= 15 is 0 Å². The Bertz CT molecular complexity index is 476. The van der Waals surface area contributed by atoms with Crippen LogP contribution in [0, 0.1) is 21.7 Å². The zero-order chi connectivity index (χ0) is 13.8. The minimum Gasteiger partial charge on any atom is -0.489 e. The molecule has 0 spiro atoms. The van der Waals surface area contributed by atoms with Gasteiger partial charge in [-0.15, -0.1) is 0 Å². The van der Waals surface area contributed by atoms with Crippen molar-refractivity contribution in [2.45, 2.75) is 25.3 Å². The Morgan fingerprint density at radius 3 is 2.79 bits per heavy atom. The molecular formula is C12H14F2N2O3. The Kier molecular flexibility index (Phi) is 4.26. The monoisotopic (exact) mass is 272 g/mol. The van der Waals surface area contributed by atoms with Gasteiger partial charge in [0, 0.05) is 12.1 Å². The number of hydrogen-bond acceptors (Lipinski definition) is 4.